The van der Waals surface area contributed by atoms with E-state index in [1.165, 1.54) is 44.9 Å². The summed E-state index contributed by atoms with van der Waals surface area (Å²) in [5, 5.41) is 0. The minimum Gasteiger partial charge on any atom is -0.377 e. The lowest BCUT2D eigenvalue weighted by Crippen LogP contribution is -2.42. The Balaban J connectivity index is 1.38. The van der Waals surface area contributed by atoms with Crippen molar-refractivity contribution < 1.29 is 9.47 Å². The van der Waals surface area contributed by atoms with Crippen molar-refractivity contribution >= 4 is 11.6 Å². The van der Waals surface area contributed by atoms with E-state index in [9.17, 15) is 0 Å². The Labute approximate surface area is 134 Å². The van der Waals surface area contributed by atoms with Crippen LogP contribution in [0.1, 0.15) is 57.8 Å². The van der Waals surface area contributed by atoms with Crippen molar-refractivity contribution in [3.05, 3.63) is 0 Å². The van der Waals surface area contributed by atoms with Gasteiger partial charge < -0.3 is 14.4 Å². The van der Waals surface area contributed by atoms with Crippen molar-refractivity contribution in [2.75, 3.05) is 32.1 Å². The molecule has 4 heteroatoms. The Morgan fingerprint density at radius 1 is 1.05 bits per heavy atom. The number of rotatable bonds is 5. The Morgan fingerprint density at radius 2 is 1.81 bits per heavy atom. The summed E-state index contributed by atoms with van der Waals surface area (Å²) >= 11 is 5.68. The van der Waals surface area contributed by atoms with Crippen molar-refractivity contribution in [1.29, 1.82) is 0 Å². The van der Waals surface area contributed by atoms with E-state index in [0.717, 1.165) is 32.5 Å². The minimum atomic E-state index is 0.269. The molecule has 0 radical (unpaired) electrons. The van der Waals surface area contributed by atoms with Gasteiger partial charge in [0.2, 0.25) is 0 Å². The van der Waals surface area contributed by atoms with Crippen molar-refractivity contribution in [3.63, 3.8) is 0 Å². The van der Waals surface area contributed by atoms with Gasteiger partial charge in [-0.1, -0.05) is 19.3 Å². The van der Waals surface area contributed by atoms with Crippen LogP contribution in [-0.4, -0.2) is 54.8 Å². The fraction of sp³-hybridized carbons (Fsp3) is 1.00. The second-order valence-electron chi connectivity index (χ2n) is 7.08. The molecule has 1 saturated carbocycles. The molecule has 3 fully saturated rings. The molecule has 1 spiro atoms. The van der Waals surface area contributed by atoms with Crippen LogP contribution in [0, 0.1) is 0 Å². The number of halogens is 1. The van der Waals surface area contributed by atoms with E-state index in [2.05, 4.69) is 4.90 Å². The number of nitrogens with zero attached hydrogens (tertiary/aromatic N) is 1. The largest absolute Gasteiger partial charge is 0.377 e. The summed E-state index contributed by atoms with van der Waals surface area (Å²) in [5.74, 6) is 0.609. The molecule has 0 N–H and O–H groups in total. The standard InChI is InChI=1S/C17H30ClNO2/c18-10-13-20-15-5-11-19(12-6-15)14-16-4-9-17(21-16)7-2-1-3-8-17/h15-16H,1-14H2. The average Bonchev–Trinajstić information content (AvgIpc) is 2.89. The Hall–Kier alpha value is 0.170. The van der Waals surface area contributed by atoms with Crippen LogP contribution in [0.5, 0.6) is 0 Å². The van der Waals surface area contributed by atoms with Gasteiger partial charge in [0.15, 0.2) is 0 Å². The summed E-state index contributed by atoms with van der Waals surface area (Å²) in [6, 6.07) is 0. The van der Waals surface area contributed by atoms with E-state index in [4.69, 9.17) is 21.1 Å². The number of hydrogen-bond acceptors (Lipinski definition) is 3. The molecule has 1 aliphatic carbocycles. The first-order valence-corrected chi connectivity index (χ1v) is 9.41. The highest BCUT2D eigenvalue weighted by atomic mass is 35.5. The first-order chi connectivity index (χ1) is 10.3. The van der Waals surface area contributed by atoms with Crippen LogP contribution in [0.3, 0.4) is 0 Å². The molecule has 0 amide bonds. The summed E-state index contributed by atoms with van der Waals surface area (Å²) in [5.41, 5.74) is 0.269. The van der Waals surface area contributed by atoms with Crippen molar-refractivity contribution in [2.24, 2.45) is 0 Å². The van der Waals surface area contributed by atoms with Crippen molar-refractivity contribution in [2.45, 2.75) is 75.6 Å². The molecule has 122 valence electrons. The molecule has 21 heavy (non-hydrogen) atoms. The van der Waals surface area contributed by atoms with Crippen LogP contribution in [0.15, 0.2) is 0 Å². The number of hydrogen-bond donors (Lipinski definition) is 0. The summed E-state index contributed by atoms with van der Waals surface area (Å²) in [6.07, 6.45) is 12.5. The van der Waals surface area contributed by atoms with Crippen LogP contribution < -0.4 is 0 Å². The smallest absolute Gasteiger partial charge is 0.0710 e. The number of ether oxygens (including phenoxy) is 2. The molecular weight excluding hydrogens is 286 g/mol. The van der Waals surface area contributed by atoms with Gasteiger partial charge in [0.1, 0.15) is 0 Å². The third-order valence-electron chi connectivity index (χ3n) is 5.53. The molecule has 3 aliphatic rings. The third kappa shape index (κ3) is 4.34. The predicted molar refractivity (Wildman–Crippen MR) is 86.1 cm³/mol. The van der Waals surface area contributed by atoms with Gasteiger partial charge in [-0.05, 0) is 38.5 Å². The zero-order chi connectivity index (χ0) is 14.5. The Bertz CT molecular complexity index is 312. The van der Waals surface area contributed by atoms with Gasteiger partial charge in [-0.15, -0.1) is 11.6 Å². The van der Waals surface area contributed by atoms with Gasteiger partial charge in [0.25, 0.3) is 0 Å². The quantitative estimate of drug-likeness (QED) is 0.724. The number of likely N-dealkylation sites (tertiary alicyclic amines) is 1. The topological polar surface area (TPSA) is 21.7 Å². The predicted octanol–water partition coefficient (Wildman–Crippen LogP) is 3.59. The Kier molecular flexibility index (Phi) is 5.83. The number of alkyl halides is 1. The summed E-state index contributed by atoms with van der Waals surface area (Å²) in [7, 11) is 0. The van der Waals surface area contributed by atoms with Crippen LogP contribution in [-0.2, 0) is 9.47 Å². The SMILES string of the molecule is ClCCOC1CCN(CC2CCC3(CCCCC3)O2)CC1. The first-order valence-electron chi connectivity index (χ1n) is 8.87. The Morgan fingerprint density at radius 3 is 2.52 bits per heavy atom. The second kappa shape index (κ2) is 7.63. The maximum Gasteiger partial charge on any atom is 0.0710 e. The molecule has 1 atom stereocenters. The lowest BCUT2D eigenvalue weighted by atomic mass is 9.83. The van der Waals surface area contributed by atoms with Crippen LogP contribution >= 0.6 is 11.6 Å². The van der Waals surface area contributed by atoms with Crippen LogP contribution in [0.25, 0.3) is 0 Å². The summed E-state index contributed by atoms with van der Waals surface area (Å²) in [4.78, 5) is 2.58. The molecule has 2 saturated heterocycles. The molecule has 2 heterocycles. The molecular formula is C17H30ClNO2. The van der Waals surface area contributed by atoms with Crippen LogP contribution in [0.2, 0.25) is 0 Å². The van der Waals surface area contributed by atoms with Crippen LogP contribution in [0.4, 0.5) is 0 Å². The average molecular weight is 316 g/mol. The van der Waals surface area contributed by atoms with E-state index in [1.54, 1.807) is 0 Å². The lowest BCUT2D eigenvalue weighted by Gasteiger charge is -2.36. The molecule has 0 aromatic rings. The molecule has 3 nitrogen and oxygen atoms in total. The second-order valence-corrected chi connectivity index (χ2v) is 7.46. The van der Waals surface area contributed by atoms with E-state index < -0.39 is 0 Å². The minimum absolute atomic E-state index is 0.269. The highest BCUT2D eigenvalue weighted by molar-refractivity contribution is 6.17. The molecule has 0 bridgehead atoms. The maximum atomic E-state index is 6.49. The van der Waals surface area contributed by atoms with E-state index in [0.29, 0.717) is 24.7 Å². The number of piperidine rings is 1. The zero-order valence-electron chi connectivity index (χ0n) is 13.2. The highest BCUT2D eigenvalue weighted by Gasteiger charge is 2.41. The van der Waals surface area contributed by atoms with E-state index >= 15 is 0 Å². The van der Waals surface area contributed by atoms with Crippen molar-refractivity contribution in [1.82, 2.24) is 4.90 Å². The summed E-state index contributed by atoms with van der Waals surface area (Å²) in [6.45, 7) is 4.13. The molecule has 2 aliphatic heterocycles. The third-order valence-corrected chi connectivity index (χ3v) is 5.68. The molecule has 0 aromatic heterocycles. The maximum absolute atomic E-state index is 6.49. The molecule has 3 rings (SSSR count). The lowest BCUT2D eigenvalue weighted by molar-refractivity contribution is -0.0766. The van der Waals surface area contributed by atoms with Gasteiger partial charge in [0.05, 0.1) is 24.4 Å². The van der Waals surface area contributed by atoms with Gasteiger partial charge in [-0.25, -0.2) is 0 Å². The monoisotopic (exact) mass is 315 g/mol. The van der Waals surface area contributed by atoms with E-state index in [1.807, 2.05) is 0 Å². The normalized spacial score (nSPS) is 31.0. The zero-order valence-corrected chi connectivity index (χ0v) is 14.0. The highest BCUT2D eigenvalue weighted by Crippen LogP contribution is 2.42. The van der Waals surface area contributed by atoms with Gasteiger partial charge in [-0.3, -0.25) is 0 Å². The fourth-order valence-electron chi connectivity index (χ4n) is 4.35. The van der Waals surface area contributed by atoms with Gasteiger partial charge in [-0.2, -0.15) is 0 Å². The molecule has 0 aromatic carbocycles. The van der Waals surface area contributed by atoms with Crippen molar-refractivity contribution in [3.8, 4) is 0 Å². The first kappa shape index (κ1) is 16.0. The van der Waals surface area contributed by atoms with E-state index in [-0.39, 0.29) is 5.60 Å². The summed E-state index contributed by atoms with van der Waals surface area (Å²) < 4.78 is 12.2. The van der Waals surface area contributed by atoms with Gasteiger partial charge in [0, 0.05) is 25.5 Å². The fourth-order valence-corrected chi connectivity index (χ4v) is 4.43. The molecule has 1 unspecified atom stereocenters. The van der Waals surface area contributed by atoms with Gasteiger partial charge >= 0.3 is 0 Å².